The lowest BCUT2D eigenvalue weighted by Crippen LogP contribution is -2.14. The number of Topliss-reactive ketones (excluding diaryl/α,β-unsaturated/α-hetero) is 1. The van der Waals surface area contributed by atoms with Crippen LogP contribution >= 0.6 is 11.6 Å². The van der Waals surface area contributed by atoms with Crippen LogP contribution in [0.15, 0.2) is 29.4 Å². The highest BCUT2D eigenvalue weighted by Crippen LogP contribution is 2.14. The highest BCUT2D eigenvalue weighted by Gasteiger charge is 1.92. The Kier molecular flexibility index (Phi) is 4.10. The fraction of sp³-hybridized carbons (Fsp3) is 0.111. The van der Waals surface area contributed by atoms with Crippen molar-refractivity contribution in [2.45, 2.75) is 0 Å². The fourth-order valence-corrected chi connectivity index (χ4v) is 0.980. The van der Waals surface area contributed by atoms with Gasteiger partial charge in [-0.15, -0.1) is 0 Å². The van der Waals surface area contributed by atoms with Crippen molar-refractivity contribution in [1.82, 2.24) is 0 Å². The zero-order valence-corrected chi connectivity index (χ0v) is 8.16. The zero-order valence-electron chi connectivity index (χ0n) is 7.40. The first-order valence-corrected chi connectivity index (χ1v) is 4.37. The van der Waals surface area contributed by atoms with Gasteiger partial charge in [-0.3, -0.25) is 10.2 Å². The van der Waals surface area contributed by atoms with E-state index in [0.717, 1.165) is 11.9 Å². The molecule has 0 heterocycles. The Morgan fingerprint density at radius 1 is 1.64 bits per heavy atom. The van der Waals surface area contributed by atoms with Gasteiger partial charge >= 0.3 is 0 Å². The average Bonchev–Trinajstić information content (AvgIpc) is 2.17. The third-order valence-electron chi connectivity index (χ3n) is 1.43. The first kappa shape index (κ1) is 10.7. The molecule has 14 heavy (non-hydrogen) atoms. The van der Waals surface area contributed by atoms with Crippen LogP contribution in [0.3, 0.4) is 0 Å². The maximum Gasteiger partial charge on any atom is 0.189 e. The number of halogens is 1. The van der Waals surface area contributed by atoms with Crippen molar-refractivity contribution in [3.05, 3.63) is 29.3 Å². The summed E-state index contributed by atoms with van der Waals surface area (Å²) in [5, 5.41) is 4.30. The van der Waals surface area contributed by atoms with Gasteiger partial charge in [0.05, 0.1) is 18.4 Å². The second kappa shape index (κ2) is 5.36. The van der Waals surface area contributed by atoms with Crippen LogP contribution in [0.5, 0.6) is 0 Å². The van der Waals surface area contributed by atoms with Gasteiger partial charge in [0.1, 0.15) is 0 Å². The van der Waals surface area contributed by atoms with Gasteiger partial charge < -0.3 is 5.73 Å². The van der Waals surface area contributed by atoms with Gasteiger partial charge in [-0.1, -0.05) is 17.7 Å². The number of ketones is 1. The second-order valence-electron chi connectivity index (χ2n) is 2.55. The van der Waals surface area contributed by atoms with Crippen molar-refractivity contribution in [1.29, 1.82) is 0 Å². The van der Waals surface area contributed by atoms with Crippen molar-refractivity contribution in [2.75, 3.05) is 12.0 Å². The van der Waals surface area contributed by atoms with Gasteiger partial charge in [0, 0.05) is 5.02 Å². The molecule has 0 aliphatic heterocycles. The van der Waals surface area contributed by atoms with Crippen molar-refractivity contribution < 1.29 is 4.79 Å². The smallest absolute Gasteiger partial charge is 0.189 e. The number of rotatable bonds is 4. The van der Waals surface area contributed by atoms with Gasteiger partial charge in [0.15, 0.2) is 5.78 Å². The van der Waals surface area contributed by atoms with Crippen LogP contribution in [0.4, 0.5) is 5.69 Å². The number of nitrogens with two attached hydrogens (primary N) is 1. The number of hydrazone groups is 1. The predicted octanol–water partition coefficient (Wildman–Crippen LogP) is 1.27. The zero-order chi connectivity index (χ0) is 10.4. The van der Waals surface area contributed by atoms with Crippen molar-refractivity contribution in [3.63, 3.8) is 0 Å². The predicted molar refractivity (Wildman–Crippen MR) is 57.6 cm³/mol. The average molecular weight is 212 g/mol. The number of benzene rings is 1. The molecule has 1 aromatic rings. The second-order valence-corrected chi connectivity index (χ2v) is 2.99. The summed E-state index contributed by atoms with van der Waals surface area (Å²) in [5.74, 6) is -0.237. The van der Waals surface area contributed by atoms with Gasteiger partial charge in [0.2, 0.25) is 0 Å². The van der Waals surface area contributed by atoms with E-state index in [4.69, 9.17) is 17.3 Å². The quantitative estimate of drug-likeness (QED) is 0.582. The number of anilines is 1. The Morgan fingerprint density at radius 3 is 3.07 bits per heavy atom. The lowest BCUT2D eigenvalue weighted by Gasteiger charge is -1.98. The number of hydrogen-bond acceptors (Lipinski definition) is 4. The summed E-state index contributed by atoms with van der Waals surface area (Å²) in [6.07, 6.45) is 1.14. The Hall–Kier alpha value is -1.39. The Morgan fingerprint density at radius 2 is 2.43 bits per heavy atom. The normalized spacial score (nSPS) is 10.4. The van der Waals surface area contributed by atoms with Crippen molar-refractivity contribution >= 4 is 29.3 Å². The number of carbonyl (C=O) groups is 1. The van der Waals surface area contributed by atoms with E-state index in [-0.39, 0.29) is 12.3 Å². The van der Waals surface area contributed by atoms with Gasteiger partial charge in [-0.2, -0.15) is 5.10 Å². The van der Waals surface area contributed by atoms with Crippen LogP contribution in [0.1, 0.15) is 0 Å². The minimum absolute atomic E-state index is 0.0409. The highest BCUT2D eigenvalue weighted by atomic mass is 35.5. The SMILES string of the molecule is NCC(=O)/C=N/Nc1cccc(Cl)c1. The minimum atomic E-state index is -0.237. The van der Waals surface area contributed by atoms with E-state index in [9.17, 15) is 4.79 Å². The molecule has 1 rings (SSSR count). The van der Waals surface area contributed by atoms with E-state index >= 15 is 0 Å². The summed E-state index contributed by atoms with van der Waals surface area (Å²) in [5.41, 5.74) is 8.47. The van der Waals surface area contributed by atoms with E-state index < -0.39 is 0 Å². The minimum Gasteiger partial charge on any atom is -0.324 e. The molecule has 1 aromatic carbocycles. The van der Waals surface area contributed by atoms with E-state index in [1.807, 2.05) is 0 Å². The molecule has 0 saturated heterocycles. The lowest BCUT2D eigenvalue weighted by molar-refractivity contribution is -0.111. The van der Waals surface area contributed by atoms with Crippen LogP contribution in [-0.2, 0) is 4.79 Å². The van der Waals surface area contributed by atoms with Crippen LogP contribution in [-0.4, -0.2) is 18.5 Å². The fourth-order valence-electron chi connectivity index (χ4n) is 0.790. The summed E-state index contributed by atoms with van der Waals surface area (Å²) in [6, 6.07) is 7.02. The lowest BCUT2D eigenvalue weighted by atomic mass is 10.3. The molecule has 4 nitrogen and oxygen atoms in total. The number of nitrogens with zero attached hydrogens (tertiary/aromatic N) is 1. The van der Waals surface area contributed by atoms with Gasteiger partial charge in [-0.05, 0) is 18.2 Å². The molecule has 0 bridgehead atoms. The molecule has 0 saturated carbocycles. The van der Waals surface area contributed by atoms with Gasteiger partial charge in [-0.25, -0.2) is 0 Å². The Labute approximate surface area is 86.7 Å². The highest BCUT2D eigenvalue weighted by molar-refractivity contribution is 6.30. The van der Waals surface area contributed by atoms with E-state index in [1.54, 1.807) is 24.3 Å². The summed E-state index contributed by atoms with van der Waals surface area (Å²) < 4.78 is 0. The van der Waals surface area contributed by atoms with Crippen molar-refractivity contribution in [2.24, 2.45) is 10.8 Å². The largest absolute Gasteiger partial charge is 0.324 e. The standard InChI is InChI=1S/C9H10ClN3O/c10-7-2-1-3-8(4-7)13-12-6-9(14)5-11/h1-4,6,13H,5,11H2/b12-6+. The van der Waals surface area contributed by atoms with Crippen LogP contribution in [0.25, 0.3) is 0 Å². The molecule has 0 aliphatic rings. The maximum atomic E-state index is 10.7. The maximum absolute atomic E-state index is 10.7. The first-order chi connectivity index (χ1) is 6.72. The van der Waals surface area contributed by atoms with E-state index in [1.165, 1.54) is 0 Å². The molecule has 0 radical (unpaired) electrons. The topological polar surface area (TPSA) is 67.5 Å². The Balaban J connectivity index is 2.53. The summed E-state index contributed by atoms with van der Waals surface area (Å²) in [6.45, 7) is -0.0409. The summed E-state index contributed by atoms with van der Waals surface area (Å²) in [7, 11) is 0. The summed E-state index contributed by atoms with van der Waals surface area (Å²) in [4.78, 5) is 10.7. The van der Waals surface area contributed by atoms with Gasteiger partial charge in [0.25, 0.3) is 0 Å². The van der Waals surface area contributed by atoms with Crippen LogP contribution in [0.2, 0.25) is 5.02 Å². The number of nitrogens with one attached hydrogen (secondary N) is 1. The molecule has 5 heteroatoms. The molecular weight excluding hydrogens is 202 g/mol. The summed E-state index contributed by atoms with van der Waals surface area (Å²) >= 11 is 5.73. The third-order valence-corrected chi connectivity index (χ3v) is 1.66. The monoisotopic (exact) mass is 211 g/mol. The Bertz CT molecular complexity index is 352. The molecule has 0 aliphatic carbocycles. The molecule has 0 spiro atoms. The first-order valence-electron chi connectivity index (χ1n) is 4.00. The molecule has 0 aromatic heterocycles. The number of hydrogen-bond donors (Lipinski definition) is 2. The van der Waals surface area contributed by atoms with Crippen LogP contribution in [0, 0.1) is 0 Å². The van der Waals surface area contributed by atoms with Crippen LogP contribution < -0.4 is 11.2 Å². The molecule has 0 unspecified atom stereocenters. The molecular formula is C9H10ClN3O. The molecule has 74 valence electrons. The molecule has 0 fully saturated rings. The number of carbonyl (C=O) groups excluding carboxylic acids is 1. The molecule has 0 amide bonds. The van der Waals surface area contributed by atoms with Crippen molar-refractivity contribution in [3.8, 4) is 0 Å². The molecule has 3 N–H and O–H groups in total. The van der Waals surface area contributed by atoms with E-state index in [0.29, 0.717) is 5.02 Å². The third kappa shape index (κ3) is 3.55. The van der Waals surface area contributed by atoms with E-state index in [2.05, 4.69) is 10.5 Å². The molecule has 0 atom stereocenters.